The Kier molecular flexibility index (Phi) is 2.64. The first-order chi connectivity index (χ1) is 9.28. The monoisotopic (exact) mass is 252 g/mol. The van der Waals surface area contributed by atoms with E-state index in [0.29, 0.717) is 5.56 Å². The van der Waals surface area contributed by atoms with Crippen molar-refractivity contribution < 1.29 is 5.21 Å². The number of oxime groups is 1. The molecule has 3 rings (SSSR count). The summed E-state index contributed by atoms with van der Waals surface area (Å²) in [6.07, 6.45) is 0. The van der Waals surface area contributed by atoms with Crippen LogP contribution in [0.3, 0.4) is 0 Å². The van der Waals surface area contributed by atoms with Gasteiger partial charge in [-0.05, 0) is 18.2 Å². The highest BCUT2D eigenvalue weighted by Gasteiger charge is 2.07. The largest absolute Gasteiger partial charge is 0.409 e. The summed E-state index contributed by atoms with van der Waals surface area (Å²) >= 11 is 0. The van der Waals surface area contributed by atoms with E-state index in [1.165, 1.54) is 0 Å². The highest BCUT2D eigenvalue weighted by atomic mass is 16.4. The van der Waals surface area contributed by atoms with E-state index in [1.807, 2.05) is 42.5 Å². The van der Waals surface area contributed by atoms with Gasteiger partial charge in [0.2, 0.25) is 0 Å². The van der Waals surface area contributed by atoms with Gasteiger partial charge < -0.3 is 15.9 Å². The second kappa shape index (κ2) is 4.45. The van der Waals surface area contributed by atoms with Crippen molar-refractivity contribution in [2.24, 2.45) is 10.9 Å². The molecule has 0 aliphatic heterocycles. The van der Waals surface area contributed by atoms with E-state index in [4.69, 9.17) is 10.9 Å². The molecule has 5 heteroatoms. The van der Waals surface area contributed by atoms with Crippen LogP contribution in [0.5, 0.6) is 0 Å². The number of amidine groups is 1. The van der Waals surface area contributed by atoms with Crippen LogP contribution in [0, 0.1) is 0 Å². The average molecular weight is 252 g/mol. The lowest BCUT2D eigenvalue weighted by molar-refractivity contribution is 0.318. The highest BCUT2D eigenvalue weighted by Crippen LogP contribution is 2.20. The number of aromatic nitrogens is 2. The maximum atomic E-state index is 8.68. The molecule has 0 amide bonds. The number of nitrogens with zero attached hydrogens (tertiary/aromatic N) is 2. The van der Waals surface area contributed by atoms with Gasteiger partial charge in [-0.2, -0.15) is 0 Å². The Morgan fingerprint density at radius 2 is 1.95 bits per heavy atom. The molecule has 94 valence electrons. The van der Waals surface area contributed by atoms with Crippen molar-refractivity contribution >= 4 is 16.9 Å². The van der Waals surface area contributed by atoms with Gasteiger partial charge in [0.05, 0.1) is 11.0 Å². The second-order valence-corrected chi connectivity index (χ2v) is 4.17. The fourth-order valence-corrected chi connectivity index (χ4v) is 1.96. The van der Waals surface area contributed by atoms with Gasteiger partial charge in [0.15, 0.2) is 5.84 Å². The Balaban J connectivity index is 2.11. The van der Waals surface area contributed by atoms with Crippen LogP contribution in [0.4, 0.5) is 0 Å². The quantitative estimate of drug-likeness (QED) is 0.283. The van der Waals surface area contributed by atoms with Crippen LogP contribution in [0.2, 0.25) is 0 Å². The lowest BCUT2D eigenvalue weighted by atomic mass is 10.2. The molecule has 0 fully saturated rings. The van der Waals surface area contributed by atoms with E-state index in [-0.39, 0.29) is 5.84 Å². The number of fused-ring (bicyclic) bond motifs is 1. The van der Waals surface area contributed by atoms with Gasteiger partial charge in [0.1, 0.15) is 5.82 Å². The second-order valence-electron chi connectivity index (χ2n) is 4.17. The minimum absolute atomic E-state index is 0.0813. The standard InChI is InChI=1S/C14H12N4O/c15-13(18-19)10-6-7-11-12(8-10)17-14(16-11)9-4-2-1-3-5-9/h1-8,19H,(H2,15,18)(H,16,17). The molecule has 0 saturated carbocycles. The van der Waals surface area contributed by atoms with Crippen LogP contribution >= 0.6 is 0 Å². The number of nitrogens with one attached hydrogen (secondary N) is 1. The predicted octanol–water partition coefficient (Wildman–Crippen LogP) is 2.32. The first-order valence-corrected chi connectivity index (χ1v) is 5.81. The molecule has 3 aromatic rings. The van der Waals surface area contributed by atoms with Gasteiger partial charge >= 0.3 is 0 Å². The van der Waals surface area contributed by atoms with Crippen LogP contribution in [-0.2, 0) is 0 Å². The maximum Gasteiger partial charge on any atom is 0.170 e. The number of benzene rings is 2. The summed E-state index contributed by atoms with van der Waals surface area (Å²) in [4.78, 5) is 7.74. The Hall–Kier alpha value is -2.82. The van der Waals surface area contributed by atoms with Crippen molar-refractivity contribution in [3.8, 4) is 11.4 Å². The highest BCUT2D eigenvalue weighted by molar-refractivity contribution is 5.99. The maximum absolute atomic E-state index is 8.68. The van der Waals surface area contributed by atoms with E-state index in [9.17, 15) is 0 Å². The zero-order valence-corrected chi connectivity index (χ0v) is 10.0. The van der Waals surface area contributed by atoms with Gasteiger partial charge in [-0.1, -0.05) is 35.5 Å². The van der Waals surface area contributed by atoms with Crippen molar-refractivity contribution in [3.05, 3.63) is 54.1 Å². The van der Waals surface area contributed by atoms with Crippen molar-refractivity contribution in [1.82, 2.24) is 9.97 Å². The molecule has 1 aromatic heterocycles. The number of imidazole rings is 1. The van der Waals surface area contributed by atoms with Gasteiger partial charge in [0.25, 0.3) is 0 Å². The molecular weight excluding hydrogens is 240 g/mol. The Bertz CT molecular complexity index is 746. The third kappa shape index (κ3) is 2.01. The molecule has 0 radical (unpaired) electrons. The normalized spacial score (nSPS) is 11.9. The zero-order chi connectivity index (χ0) is 13.2. The summed E-state index contributed by atoms with van der Waals surface area (Å²) in [6.45, 7) is 0. The first-order valence-electron chi connectivity index (χ1n) is 5.81. The SMILES string of the molecule is N/C(=N\O)c1ccc2nc(-c3ccccc3)[nH]c2c1. The Labute approximate surface area is 109 Å². The van der Waals surface area contributed by atoms with E-state index < -0.39 is 0 Å². The molecule has 0 saturated heterocycles. The molecule has 4 N–H and O–H groups in total. The fraction of sp³-hybridized carbons (Fsp3) is 0. The third-order valence-corrected chi connectivity index (χ3v) is 2.93. The summed E-state index contributed by atoms with van der Waals surface area (Å²) < 4.78 is 0. The number of nitrogens with two attached hydrogens (primary N) is 1. The van der Waals surface area contributed by atoms with Crippen LogP contribution in [0.25, 0.3) is 22.4 Å². The number of hydrogen-bond acceptors (Lipinski definition) is 3. The summed E-state index contributed by atoms with van der Waals surface area (Å²) in [5.41, 5.74) is 8.93. The van der Waals surface area contributed by atoms with Gasteiger partial charge in [-0.25, -0.2) is 4.98 Å². The van der Waals surface area contributed by atoms with Crippen molar-refractivity contribution in [2.45, 2.75) is 0 Å². The molecule has 0 aliphatic rings. The summed E-state index contributed by atoms with van der Waals surface area (Å²) in [6, 6.07) is 15.3. The lowest BCUT2D eigenvalue weighted by Gasteiger charge is -1.97. The molecule has 0 unspecified atom stereocenters. The van der Waals surface area contributed by atoms with Crippen molar-refractivity contribution in [2.75, 3.05) is 0 Å². The molecular formula is C14H12N4O. The topological polar surface area (TPSA) is 87.3 Å². The van der Waals surface area contributed by atoms with E-state index in [2.05, 4.69) is 15.1 Å². The number of hydrogen-bond donors (Lipinski definition) is 3. The number of rotatable bonds is 2. The van der Waals surface area contributed by atoms with Gasteiger partial charge in [-0.15, -0.1) is 0 Å². The van der Waals surface area contributed by atoms with Gasteiger partial charge in [0, 0.05) is 11.1 Å². The molecule has 1 heterocycles. The van der Waals surface area contributed by atoms with Crippen molar-refractivity contribution in [3.63, 3.8) is 0 Å². The first kappa shape index (κ1) is 11.3. The van der Waals surface area contributed by atoms with Crippen LogP contribution in [-0.4, -0.2) is 21.0 Å². The van der Waals surface area contributed by atoms with Crippen molar-refractivity contribution in [1.29, 1.82) is 0 Å². The lowest BCUT2D eigenvalue weighted by Crippen LogP contribution is -2.12. The van der Waals surface area contributed by atoms with Crippen LogP contribution in [0.15, 0.2) is 53.7 Å². The fourth-order valence-electron chi connectivity index (χ4n) is 1.96. The van der Waals surface area contributed by atoms with E-state index in [0.717, 1.165) is 22.4 Å². The van der Waals surface area contributed by atoms with Gasteiger partial charge in [-0.3, -0.25) is 0 Å². The third-order valence-electron chi connectivity index (χ3n) is 2.93. The molecule has 2 aromatic carbocycles. The molecule has 0 aliphatic carbocycles. The zero-order valence-electron chi connectivity index (χ0n) is 10.0. The minimum atomic E-state index is 0.0813. The molecule has 0 spiro atoms. The summed E-state index contributed by atoms with van der Waals surface area (Å²) in [7, 11) is 0. The molecule has 0 bridgehead atoms. The molecule has 5 nitrogen and oxygen atoms in total. The average Bonchev–Trinajstić information content (AvgIpc) is 2.90. The number of H-pyrrole nitrogens is 1. The summed E-state index contributed by atoms with van der Waals surface area (Å²) in [5, 5.41) is 11.7. The molecule has 0 atom stereocenters. The predicted molar refractivity (Wildman–Crippen MR) is 74.0 cm³/mol. The smallest absolute Gasteiger partial charge is 0.170 e. The van der Waals surface area contributed by atoms with Crippen LogP contribution < -0.4 is 5.73 Å². The minimum Gasteiger partial charge on any atom is -0.409 e. The van der Waals surface area contributed by atoms with E-state index >= 15 is 0 Å². The number of aromatic amines is 1. The van der Waals surface area contributed by atoms with E-state index in [1.54, 1.807) is 6.07 Å². The molecule has 19 heavy (non-hydrogen) atoms. The van der Waals surface area contributed by atoms with Crippen LogP contribution in [0.1, 0.15) is 5.56 Å². The summed E-state index contributed by atoms with van der Waals surface area (Å²) in [5.74, 6) is 0.880. The Morgan fingerprint density at radius 1 is 1.16 bits per heavy atom. The Morgan fingerprint density at radius 3 is 2.68 bits per heavy atom.